The van der Waals surface area contributed by atoms with Crippen LogP contribution in [0.5, 0.6) is 0 Å². The van der Waals surface area contributed by atoms with E-state index >= 15 is 0 Å². The number of ether oxygens (including phenoxy) is 1. The van der Waals surface area contributed by atoms with E-state index in [2.05, 4.69) is 17.4 Å². The van der Waals surface area contributed by atoms with Crippen molar-refractivity contribution in [2.45, 2.75) is 12.3 Å². The Kier molecular flexibility index (Phi) is 6.68. The monoisotopic (exact) mass is 458 g/mol. The zero-order valence-electron chi connectivity index (χ0n) is 18.1. The topological polar surface area (TPSA) is 119 Å². The number of rotatable bonds is 8. The Bertz CT molecular complexity index is 1240. The van der Waals surface area contributed by atoms with E-state index in [0.717, 1.165) is 28.3 Å². The van der Waals surface area contributed by atoms with Crippen LogP contribution in [0.3, 0.4) is 0 Å². The Morgan fingerprint density at radius 3 is 2.29 bits per heavy atom. The Hall–Kier alpha value is -4.46. The average Bonchev–Trinajstić information content (AvgIpc) is 3.16. The lowest BCUT2D eigenvalue weighted by atomic mass is 9.98. The van der Waals surface area contributed by atoms with Crippen molar-refractivity contribution in [1.82, 2.24) is 5.32 Å². The number of fused-ring (bicyclic) bond motifs is 3. The number of carbonyl (C=O) groups excluding carboxylic acids is 1. The van der Waals surface area contributed by atoms with Gasteiger partial charge in [-0.05, 0) is 40.8 Å². The van der Waals surface area contributed by atoms with E-state index in [1.165, 1.54) is 18.2 Å². The van der Waals surface area contributed by atoms with E-state index in [0.29, 0.717) is 6.42 Å². The van der Waals surface area contributed by atoms with Crippen molar-refractivity contribution in [1.29, 1.82) is 0 Å². The first-order chi connectivity index (χ1) is 16.5. The minimum absolute atomic E-state index is 0.0210. The summed E-state index contributed by atoms with van der Waals surface area (Å²) in [5.74, 6) is -1.25. The molecule has 0 saturated heterocycles. The first-order valence-electron chi connectivity index (χ1n) is 10.7. The molecule has 1 amide bonds. The summed E-state index contributed by atoms with van der Waals surface area (Å²) < 4.78 is 5.47. The van der Waals surface area contributed by atoms with Crippen molar-refractivity contribution in [3.8, 4) is 11.1 Å². The molecule has 0 radical (unpaired) electrons. The van der Waals surface area contributed by atoms with E-state index in [1.807, 2.05) is 36.4 Å². The highest BCUT2D eigenvalue weighted by molar-refractivity contribution is 5.89. The van der Waals surface area contributed by atoms with E-state index < -0.39 is 17.0 Å². The number of carbonyl (C=O) groups is 2. The maximum Gasteiger partial charge on any atom is 0.407 e. The van der Waals surface area contributed by atoms with Gasteiger partial charge in [-0.15, -0.1) is 0 Å². The number of hydrogen-bond acceptors (Lipinski definition) is 5. The molecule has 0 atom stereocenters. The third kappa shape index (κ3) is 4.80. The maximum absolute atomic E-state index is 12.2. The highest BCUT2D eigenvalue weighted by Gasteiger charge is 2.28. The largest absolute Gasteiger partial charge is 0.478 e. The number of hydrogen-bond donors (Lipinski definition) is 2. The van der Waals surface area contributed by atoms with Gasteiger partial charge in [0.05, 0.1) is 16.1 Å². The molecule has 8 nitrogen and oxygen atoms in total. The fraction of sp³-hybridized carbons (Fsp3) is 0.154. The van der Waals surface area contributed by atoms with Gasteiger partial charge in [0.2, 0.25) is 0 Å². The number of aromatic carboxylic acids is 1. The summed E-state index contributed by atoms with van der Waals surface area (Å²) in [6.07, 6.45) is 3.09. The molecule has 2 N–H and O–H groups in total. The van der Waals surface area contributed by atoms with Crippen LogP contribution in [-0.4, -0.2) is 35.2 Å². The molecule has 0 spiro atoms. The molecule has 0 fully saturated rings. The number of alkyl carbamates (subject to hydrolysis) is 1. The van der Waals surface area contributed by atoms with Gasteiger partial charge in [-0.1, -0.05) is 60.7 Å². The normalized spacial score (nSPS) is 12.2. The summed E-state index contributed by atoms with van der Waals surface area (Å²) in [5, 5.41) is 22.9. The van der Waals surface area contributed by atoms with E-state index in [4.69, 9.17) is 9.84 Å². The third-order valence-corrected chi connectivity index (χ3v) is 5.70. The van der Waals surface area contributed by atoms with Gasteiger partial charge in [0.15, 0.2) is 0 Å². The number of carboxylic acids is 1. The minimum atomic E-state index is -1.23. The van der Waals surface area contributed by atoms with Crippen molar-refractivity contribution in [3.63, 3.8) is 0 Å². The van der Waals surface area contributed by atoms with Gasteiger partial charge in [-0.25, -0.2) is 9.59 Å². The van der Waals surface area contributed by atoms with Crippen molar-refractivity contribution in [3.05, 3.63) is 105 Å². The van der Waals surface area contributed by atoms with Crippen LogP contribution in [0.2, 0.25) is 0 Å². The zero-order chi connectivity index (χ0) is 24.1. The Morgan fingerprint density at radius 1 is 1.03 bits per heavy atom. The molecule has 0 heterocycles. The van der Waals surface area contributed by atoms with Crippen LogP contribution in [0.15, 0.2) is 72.8 Å². The number of nitrogens with one attached hydrogen (secondary N) is 1. The highest BCUT2D eigenvalue weighted by Crippen LogP contribution is 2.44. The fourth-order valence-electron chi connectivity index (χ4n) is 4.09. The molecule has 1 aliphatic rings. The summed E-state index contributed by atoms with van der Waals surface area (Å²) in [6, 6.07) is 19.9. The molecule has 4 rings (SSSR count). The van der Waals surface area contributed by atoms with Crippen molar-refractivity contribution in [2.24, 2.45) is 0 Å². The Labute approximate surface area is 195 Å². The average molecular weight is 458 g/mol. The zero-order valence-corrected chi connectivity index (χ0v) is 18.1. The Morgan fingerprint density at radius 2 is 1.68 bits per heavy atom. The predicted octanol–water partition coefficient (Wildman–Crippen LogP) is 5.24. The molecule has 3 aromatic rings. The second-order valence-electron chi connectivity index (χ2n) is 7.78. The molecule has 0 aromatic heterocycles. The van der Waals surface area contributed by atoms with Gasteiger partial charge in [0.1, 0.15) is 6.61 Å². The molecule has 8 heteroatoms. The second-order valence-corrected chi connectivity index (χ2v) is 7.78. The molecule has 0 unspecified atom stereocenters. The molecular formula is C26H22N2O6. The highest BCUT2D eigenvalue weighted by atomic mass is 16.6. The molecule has 0 bridgehead atoms. The molecular weight excluding hydrogens is 436 g/mol. The molecule has 1 aliphatic carbocycles. The lowest BCUT2D eigenvalue weighted by Gasteiger charge is -2.14. The number of nitro groups is 1. The lowest BCUT2D eigenvalue weighted by Crippen LogP contribution is -2.26. The van der Waals surface area contributed by atoms with Gasteiger partial charge in [0.25, 0.3) is 5.69 Å². The van der Waals surface area contributed by atoms with Crippen LogP contribution in [0, 0.1) is 10.1 Å². The van der Waals surface area contributed by atoms with Crippen molar-refractivity contribution in [2.75, 3.05) is 13.2 Å². The van der Waals surface area contributed by atoms with Crippen LogP contribution in [0.1, 0.15) is 39.4 Å². The number of amides is 1. The SMILES string of the molecule is O=C(NCCC=Cc1ccc(C(=O)O)cc1[N+](=O)[O-])OCC1c2ccccc2-c2ccccc21. The number of carboxylic acid groups (broad SMARTS) is 1. The molecule has 0 saturated carbocycles. The van der Waals surface area contributed by atoms with Gasteiger partial charge in [-0.3, -0.25) is 10.1 Å². The van der Waals surface area contributed by atoms with Gasteiger partial charge < -0.3 is 15.2 Å². The summed E-state index contributed by atoms with van der Waals surface area (Å²) in [7, 11) is 0. The number of nitrogens with zero attached hydrogens (tertiary/aromatic N) is 1. The maximum atomic E-state index is 12.2. The smallest absolute Gasteiger partial charge is 0.407 e. The summed E-state index contributed by atoms with van der Waals surface area (Å²) in [6.45, 7) is 0.506. The number of benzene rings is 3. The van der Waals surface area contributed by atoms with Crippen LogP contribution in [-0.2, 0) is 4.74 Å². The number of nitro benzene ring substituents is 1. The van der Waals surface area contributed by atoms with Gasteiger partial charge in [0, 0.05) is 18.5 Å². The van der Waals surface area contributed by atoms with Gasteiger partial charge >= 0.3 is 12.1 Å². The first-order valence-corrected chi connectivity index (χ1v) is 10.7. The van der Waals surface area contributed by atoms with Crippen LogP contribution < -0.4 is 5.32 Å². The first kappa shape index (κ1) is 22.7. The third-order valence-electron chi connectivity index (χ3n) is 5.70. The van der Waals surface area contributed by atoms with Crippen LogP contribution in [0.4, 0.5) is 10.5 Å². The van der Waals surface area contributed by atoms with Crippen LogP contribution >= 0.6 is 0 Å². The summed E-state index contributed by atoms with van der Waals surface area (Å²) in [5.41, 5.74) is 4.42. The van der Waals surface area contributed by atoms with Crippen molar-refractivity contribution < 1.29 is 24.4 Å². The fourth-order valence-corrected chi connectivity index (χ4v) is 4.09. The summed E-state index contributed by atoms with van der Waals surface area (Å²) in [4.78, 5) is 33.8. The van der Waals surface area contributed by atoms with E-state index in [1.54, 1.807) is 6.08 Å². The lowest BCUT2D eigenvalue weighted by molar-refractivity contribution is -0.385. The Balaban J connectivity index is 1.29. The molecule has 172 valence electrons. The van der Waals surface area contributed by atoms with Crippen LogP contribution in [0.25, 0.3) is 17.2 Å². The molecule has 0 aliphatic heterocycles. The minimum Gasteiger partial charge on any atom is -0.478 e. The van der Waals surface area contributed by atoms with E-state index in [9.17, 15) is 19.7 Å². The predicted molar refractivity (Wildman–Crippen MR) is 127 cm³/mol. The van der Waals surface area contributed by atoms with Crippen molar-refractivity contribution >= 4 is 23.8 Å². The van der Waals surface area contributed by atoms with E-state index in [-0.39, 0.29) is 35.9 Å². The molecule has 3 aromatic carbocycles. The second kappa shape index (κ2) is 9.99. The molecule has 34 heavy (non-hydrogen) atoms. The standard InChI is InChI=1S/C26H22N2O6/c29-25(30)18-13-12-17(24(15-18)28(32)33)7-5-6-14-27-26(31)34-16-23-21-10-3-1-8-19(21)20-9-2-4-11-22(20)23/h1-5,7-13,15,23H,6,14,16H2,(H,27,31)(H,29,30). The quantitative estimate of drug-likeness (QED) is 0.271. The van der Waals surface area contributed by atoms with Gasteiger partial charge in [-0.2, -0.15) is 0 Å². The summed E-state index contributed by atoms with van der Waals surface area (Å²) >= 11 is 0.